The molecule has 10 heteroatoms. The molecule has 1 N–H and O–H groups in total. The summed E-state index contributed by atoms with van der Waals surface area (Å²) in [5, 5.41) is 2.97. The number of carbonyl (C=O) groups is 1. The molecule has 1 saturated heterocycles. The highest BCUT2D eigenvalue weighted by Gasteiger charge is 2.18. The fourth-order valence-electron chi connectivity index (χ4n) is 3.67. The molecular weight excluding hydrogens is 476 g/mol. The first-order valence-electron chi connectivity index (χ1n) is 11.0. The number of nitrogens with one attached hydrogen (secondary N) is 1. The second-order valence-corrected chi connectivity index (χ2v) is 9.92. The maximum atomic E-state index is 12.8. The average molecular weight is 505 g/mol. The highest BCUT2D eigenvalue weighted by atomic mass is 32.2. The van der Waals surface area contributed by atoms with Gasteiger partial charge in [-0.25, -0.2) is 4.98 Å². The van der Waals surface area contributed by atoms with Crippen LogP contribution in [0.15, 0.2) is 34.7 Å². The zero-order valence-electron chi connectivity index (χ0n) is 19.4. The lowest BCUT2D eigenvalue weighted by atomic mass is 10.1. The molecule has 34 heavy (non-hydrogen) atoms. The van der Waals surface area contributed by atoms with Gasteiger partial charge in [0.15, 0.2) is 22.1 Å². The van der Waals surface area contributed by atoms with Gasteiger partial charge in [-0.2, -0.15) is 0 Å². The lowest BCUT2D eigenvalue weighted by Gasteiger charge is -2.22. The van der Waals surface area contributed by atoms with Crippen LogP contribution in [-0.2, 0) is 20.7 Å². The molecule has 4 rings (SSSR count). The van der Waals surface area contributed by atoms with E-state index < -0.39 is 0 Å². The second kappa shape index (κ2) is 11.7. The number of thiazole rings is 1. The number of anilines is 1. The average Bonchev–Trinajstić information content (AvgIpc) is 3.26. The number of fused-ring (bicyclic) bond motifs is 1. The minimum absolute atomic E-state index is 0.110. The summed E-state index contributed by atoms with van der Waals surface area (Å²) in [7, 11) is 4.64. The van der Waals surface area contributed by atoms with E-state index in [1.54, 1.807) is 56.6 Å². The maximum absolute atomic E-state index is 12.8. The molecule has 3 aromatic rings. The molecule has 1 aliphatic heterocycles. The number of rotatable bonds is 10. The van der Waals surface area contributed by atoms with Crippen molar-refractivity contribution in [2.45, 2.75) is 29.9 Å². The Morgan fingerprint density at radius 1 is 1.12 bits per heavy atom. The van der Waals surface area contributed by atoms with Gasteiger partial charge in [-0.1, -0.05) is 17.8 Å². The normalized spacial score (nSPS) is 14.2. The molecule has 0 aliphatic carbocycles. The van der Waals surface area contributed by atoms with Crippen molar-refractivity contribution in [3.63, 3.8) is 0 Å². The third-order valence-corrected chi connectivity index (χ3v) is 7.46. The monoisotopic (exact) mass is 504 g/mol. The zero-order chi connectivity index (χ0) is 23.9. The summed E-state index contributed by atoms with van der Waals surface area (Å²) in [5.74, 6) is 2.22. The zero-order valence-corrected chi connectivity index (χ0v) is 21.1. The minimum atomic E-state index is -0.156. The summed E-state index contributed by atoms with van der Waals surface area (Å²) < 4.78 is 29.4. The Balaban J connectivity index is 1.38. The number of ether oxygens (including phenoxy) is 5. The highest BCUT2D eigenvalue weighted by molar-refractivity contribution is 8.01. The van der Waals surface area contributed by atoms with E-state index in [4.69, 9.17) is 23.7 Å². The van der Waals surface area contributed by atoms with E-state index in [1.807, 2.05) is 18.2 Å². The molecule has 2 heterocycles. The van der Waals surface area contributed by atoms with Crippen molar-refractivity contribution in [3.05, 3.63) is 35.9 Å². The molecule has 1 amide bonds. The lowest BCUT2D eigenvalue weighted by Crippen LogP contribution is -2.25. The maximum Gasteiger partial charge on any atom is 0.228 e. The van der Waals surface area contributed by atoms with Crippen molar-refractivity contribution in [3.8, 4) is 17.2 Å². The van der Waals surface area contributed by atoms with Crippen LogP contribution in [-0.4, -0.2) is 57.5 Å². The van der Waals surface area contributed by atoms with Crippen molar-refractivity contribution in [2.24, 2.45) is 0 Å². The number of benzene rings is 2. The Labute approximate surface area is 206 Å². The molecule has 2 aromatic carbocycles. The first-order chi connectivity index (χ1) is 16.6. The van der Waals surface area contributed by atoms with Crippen molar-refractivity contribution in [1.29, 1.82) is 0 Å². The summed E-state index contributed by atoms with van der Waals surface area (Å²) in [6.07, 6.45) is 1.82. The number of aromatic nitrogens is 1. The van der Waals surface area contributed by atoms with E-state index in [9.17, 15) is 4.79 Å². The summed E-state index contributed by atoms with van der Waals surface area (Å²) in [4.78, 5) is 17.4. The van der Waals surface area contributed by atoms with E-state index in [1.165, 1.54) is 0 Å². The van der Waals surface area contributed by atoms with Gasteiger partial charge in [0.05, 0.1) is 51.2 Å². The quantitative estimate of drug-likeness (QED) is 0.396. The molecule has 0 radical (unpaired) electrons. The van der Waals surface area contributed by atoms with Gasteiger partial charge in [-0.3, -0.25) is 4.79 Å². The molecule has 1 fully saturated rings. The van der Waals surface area contributed by atoms with E-state index in [0.717, 1.165) is 52.1 Å². The number of nitrogens with zero attached hydrogens (tertiary/aromatic N) is 1. The molecule has 0 bridgehead atoms. The third-order valence-electron chi connectivity index (χ3n) is 5.26. The largest absolute Gasteiger partial charge is 0.493 e. The van der Waals surface area contributed by atoms with Gasteiger partial charge in [0, 0.05) is 23.4 Å². The molecular formula is C24H28N2O6S2. The van der Waals surface area contributed by atoms with Crippen molar-refractivity contribution in [2.75, 3.05) is 45.6 Å². The van der Waals surface area contributed by atoms with E-state index in [2.05, 4.69) is 10.3 Å². The molecule has 1 aliphatic rings. The van der Waals surface area contributed by atoms with Crippen LogP contribution in [0.4, 0.5) is 5.69 Å². The van der Waals surface area contributed by atoms with Gasteiger partial charge in [0.1, 0.15) is 0 Å². The standard InChI is InChI=1S/C24H28N2O6S2/c1-28-18-8-5-15(22(29-2)23(18)30-3)13-20(27)25-16-6-7-17-19(14-16)34-24(26-17)33-12-9-21-31-10-4-11-32-21/h5-8,14,21H,4,9-13H2,1-3H3,(H,25,27). The van der Waals surface area contributed by atoms with Crippen molar-refractivity contribution >= 4 is 44.9 Å². The Hall–Kier alpha value is -2.53. The molecule has 0 atom stereocenters. The molecule has 0 spiro atoms. The van der Waals surface area contributed by atoms with Crippen LogP contribution in [0.1, 0.15) is 18.4 Å². The summed E-state index contributed by atoms with van der Waals surface area (Å²) in [6, 6.07) is 9.31. The molecule has 0 saturated carbocycles. The van der Waals surface area contributed by atoms with Gasteiger partial charge in [0.2, 0.25) is 11.7 Å². The highest BCUT2D eigenvalue weighted by Crippen LogP contribution is 2.40. The minimum Gasteiger partial charge on any atom is -0.493 e. The van der Waals surface area contributed by atoms with Gasteiger partial charge < -0.3 is 29.0 Å². The fourth-order valence-corrected chi connectivity index (χ4v) is 5.81. The predicted molar refractivity (Wildman–Crippen MR) is 134 cm³/mol. The number of amides is 1. The van der Waals surface area contributed by atoms with Gasteiger partial charge in [0.25, 0.3) is 0 Å². The van der Waals surface area contributed by atoms with E-state index >= 15 is 0 Å². The van der Waals surface area contributed by atoms with Crippen LogP contribution in [0.25, 0.3) is 10.2 Å². The van der Waals surface area contributed by atoms with Crippen LogP contribution in [0.3, 0.4) is 0 Å². The van der Waals surface area contributed by atoms with Crippen LogP contribution < -0.4 is 19.5 Å². The van der Waals surface area contributed by atoms with Crippen LogP contribution in [0.5, 0.6) is 17.2 Å². The topological polar surface area (TPSA) is 88.1 Å². The van der Waals surface area contributed by atoms with E-state index in [0.29, 0.717) is 22.8 Å². The van der Waals surface area contributed by atoms with Crippen LogP contribution in [0, 0.1) is 0 Å². The molecule has 0 unspecified atom stereocenters. The summed E-state index contributed by atoms with van der Waals surface area (Å²) in [6.45, 7) is 1.54. The Kier molecular flexibility index (Phi) is 8.49. The Morgan fingerprint density at radius 3 is 2.65 bits per heavy atom. The molecule has 182 valence electrons. The molecule has 8 nitrogen and oxygen atoms in total. The second-order valence-electron chi connectivity index (χ2n) is 7.54. The Bertz CT molecular complexity index is 1130. The van der Waals surface area contributed by atoms with Crippen LogP contribution >= 0.6 is 23.1 Å². The van der Waals surface area contributed by atoms with Gasteiger partial charge in [-0.15, -0.1) is 11.3 Å². The molecule has 1 aromatic heterocycles. The van der Waals surface area contributed by atoms with Gasteiger partial charge >= 0.3 is 0 Å². The lowest BCUT2D eigenvalue weighted by molar-refractivity contribution is -0.178. The number of hydrogen-bond donors (Lipinski definition) is 1. The number of methoxy groups -OCH3 is 3. The fraction of sp³-hybridized carbons (Fsp3) is 0.417. The predicted octanol–water partition coefficient (Wildman–Crippen LogP) is 4.75. The first kappa shape index (κ1) is 24.6. The smallest absolute Gasteiger partial charge is 0.228 e. The summed E-state index contributed by atoms with van der Waals surface area (Å²) in [5.41, 5.74) is 2.35. The third kappa shape index (κ3) is 5.93. The first-order valence-corrected chi connectivity index (χ1v) is 12.8. The van der Waals surface area contributed by atoms with Crippen LogP contribution in [0.2, 0.25) is 0 Å². The number of carbonyl (C=O) groups excluding carboxylic acids is 1. The van der Waals surface area contributed by atoms with Gasteiger partial charge in [-0.05, 0) is 30.7 Å². The van der Waals surface area contributed by atoms with E-state index in [-0.39, 0.29) is 18.6 Å². The number of hydrogen-bond acceptors (Lipinski definition) is 9. The van der Waals surface area contributed by atoms with Crippen molar-refractivity contribution in [1.82, 2.24) is 4.98 Å². The Morgan fingerprint density at radius 2 is 1.91 bits per heavy atom. The summed E-state index contributed by atoms with van der Waals surface area (Å²) >= 11 is 3.31. The number of thioether (sulfide) groups is 1. The van der Waals surface area contributed by atoms with Crippen molar-refractivity contribution < 1.29 is 28.5 Å². The SMILES string of the molecule is COc1ccc(CC(=O)Nc2ccc3nc(SCCC4OCCCO4)sc3c2)c(OC)c1OC.